The van der Waals surface area contributed by atoms with E-state index >= 15 is 0 Å². The van der Waals surface area contributed by atoms with Gasteiger partial charge in [-0.1, -0.05) is 44.0 Å². The van der Waals surface area contributed by atoms with Crippen molar-refractivity contribution in [1.29, 1.82) is 0 Å². The zero-order chi connectivity index (χ0) is 21.0. The van der Waals surface area contributed by atoms with Crippen molar-refractivity contribution < 1.29 is 13.5 Å². The van der Waals surface area contributed by atoms with Gasteiger partial charge in [0.2, 0.25) is 0 Å². The second-order valence-electron chi connectivity index (χ2n) is 10.2. The van der Waals surface area contributed by atoms with Crippen molar-refractivity contribution in [1.82, 2.24) is 4.83 Å². The van der Waals surface area contributed by atoms with Crippen molar-refractivity contribution in [3.8, 4) is 0 Å². The molecular formula is C23H32N2O3S. The zero-order valence-electron chi connectivity index (χ0n) is 17.8. The van der Waals surface area contributed by atoms with Gasteiger partial charge in [-0.15, -0.1) is 0 Å². The van der Waals surface area contributed by atoms with Crippen LogP contribution in [0.5, 0.6) is 0 Å². The van der Waals surface area contributed by atoms with E-state index in [2.05, 4.69) is 30.7 Å². The summed E-state index contributed by atoms with van der Waals surface area (Å²) >= 11 is 0. The van der Waals surface area contributed by atoms with E-state index in [1.54, 1.807) is 24.3 Å². The van der Waals surface area contributed by atoms with Gasteiger partial charge in [-0.2, -0.15) is 18.4 Å². The Morgan fingerprint density at radius 1 is 1.10 bits per heavy atom. The molecule has 3 aliphatic carbocycles. The molecule has 0 spiro atoms. The highest BCUT2D eigenvalue weighted by molar-refractivity contribution is 7.89. The number of allylic oxidation sites excluding steroid dienone is 1. The number of rotatable bonds is 3. The van der Waals surface area contributed by atoms with Crippen molar-refractivity contribution >= 4 is 15.7 Å². The van der Waals surface area contributed by atoms with Crippen LogP contribution in [0.2, 0.25) is 0 Å². The molecule has 0 amide bonds. The minimum atomic E-state index is -3.74. The van der Waals surface area contributed by atoms with Crippen LogP contribution in [0.4, 0.5) is 0 Å². The molecule has 158 valence electrons. The zero-order valence-corrected chi connectivity index (χ0v) is 18.6. The van der Waals surface area contributed by atoms with Crippen molar-refractivity contribution in [2.45, 2.75) is 76.7 Å². The number of hydrogen-bond donors (Lipinski definition) is 2. The number of sulfonamides is 1. The molecule has 1 saturated carbocycles. The van der Waals surface area contributed by atoms with Gasteiger partial charge < -0.3 is 5.11 Å². The Labute approximate surface area is 174 Å². The summed E-state index contributed by atoms with van der Waals surface area (Å²) in [7, 11) is -3.74. The molecule has 29 heavy (non-hydrogen) atoms. The van der Waals surface area contributed by atoms with E-state index in [-0.39, 0.29) is 10.3 Å². The highest BCUT2D eigenvalue weighted by Crippen LogP contribution is 2.57. The van der Waals surface area contributed by atoms with E-state index < -0.39 is 15.6 Å². The van der Waals surface area contributed by atoms with Gasteiger partial charge in [-0.3, -0.25) is 0 Å². The number of fused-ring (bicyclic) bond motifs is 3. The molecule has 2 N–H and O–H groups in total. The first kappa shape index (κ1) is 20.6. The van der Waals surface area contributed by atoms with Crippen LogP contribution < -0.4 is 4.83 Å². The third-order valence-corrected chi connectivity index (χ3v) is 7.99. The molecule has 0 aromatic heterocycles. The second kappa shape index (κ2) is 6.95. The third-order valence-electron chi connectivity index (χ3n) is 6.76. The minimum absolute atomic E-state index is 0.120. The first-order chi connectivity index (χ1) is 13.5. The molecule has 1 fully saturated rings. The van der Waals surface area contributed by atoms with Gasteiger partial charge in [-0.25, -0.2) is 0 Å². The minimum Gasteiger partial charge on any atom is -0.385 e. The highest BCUT2D eigenvalue weighted by atomic mass is 32.2. The van der Waals surface area contributed by atoms with Crippen LogP contribution in [-0.2, 0) is 10.0 Å². The Kier molecular flexibility index (Phi) is 4.94. The van der Waals surface area contributed by atoms with E-state index in [1.807, 2.05) is 6.92 Å². The number of nitrogens with zero attached hydrogens (tertiary/aromatic N) is 1. The van der Waals surface area contributed by atoms with E-state index in [0.29, 0.717) is 24.0 Å². The van der Waals surface area contributed by atoms with Crippen LogP contribution in [0.25, 0.3) is 0 Å². The summed E-state index contributed by atoms with van der Waals surface area (Å²) in [6.45, 7) is 8.58. The molecule has 4 atom stereocenters. The largest absolute Gasteiger partial charge is 0.385 e. The van der Waals surface area contributed by atoms with Gasteiger partial charge >= 0.3 is 0 Å². The van der Waals surface area contributed by atoms with Crippen LogP contribution in [0.15, 0.2) is 45.4 Å². The summed E-state index contributed by atoms with van der Waals surface area (Å²) in [5, 5.41) is 16.0. The van der Waals surface area contributed by atoms with E-state index in [1.165, 1.54) is 5.57 Å². The Hall–Kier alpha value is -1.66. The predicted molar refractivity (Wildman–Crippen MR) is 115 cm³/mol. The molecule has 2 bridgehead atoms. The lowest BCUT2D eigenvalue weighted by molar-refractivity contribution is -0.0449. The molecule has 4 rings (SSSR count). The summed E-state index contributed by atoms with van der Waals surface area (Å²) in [5.41, 5.74) is 3.15. The maximum absolute atomic E-state index is 12.7. The summed E-state index contributed by atoms with van der Waals surface area (Å²) in [5.74, 6) is 0.831. The summed E-state index contributed by atoms with van der Waals surface area (Å²) in [6.07, 6.45) is 5.21. The second-order valence-corrected chi connectivity index (χ2v) is 11.8. The molecule has 1 aromatic carbocycles. The van der Waals surface area contributed by atoms with Crippen LogP contribution in [0.1, 0.15) is 64.9 Å². The van der Waals surface area contributed by atoms with Gasteiger partial charge in [0.1, 0.15) is 0 Å². The predicted octanol–water partition coefficient (Wildman–Crippen LogP) is 4.32. The van der Waals surface area contributed by atoms with Crippen molar-refractivity contribution in [2.24, 2.45) is 22.4 Å². The van der Waals surface area contributed by atoms with Crippen molar-refractivity contribution in [3.63, 3.8) is 0 Å². The normalized spacial score (nSPS) is 36.1. The fraction of sp³-hybridized carbons (Fsp3) is 0.609. The Morgan fingerprint density at radius 2 is 1.79 bits per heavy atom. The molecule has 0 radical (unpaired) electrons. The number of hydrazone groups is 1. The van der Waals surface area contributed by atoms with Gasteiger partial charge in [0.05, 0.1) is 16.2 Å². The summed E-state index contributed by atoms with van der Waals surface area (Å²) < 4.78 is 25.5. The fourth-order valence-corrected chi connectivity index (χ4v) is 6.99. The third kappa shape index (κ3) is 3.89. The molecule has 3 aliphatic rings. The molecular weight excluding hydrogens is 384 g/mol. The maximum atomic E-state index is 12.7. The van der Waals surface area contributed by atoms with E-state index in [4.69, 9.17) is 0 Å². The van der Waals surface area contributed by atoms with Gasteiger partial charge in [0, 0.05) is 5.57 Å². The van der Waals surface area contributed by atoms with Gasteiger partial charge in [0.25, 0.3) is 10.0 Å². The maximum Gasteiger partial charge on any atom is 0.276 e. The molecule has 6 heteroatoms. The Balaban J connectivity index is 1.70. The van der Waals surface area contributed by atoms with Crippen LogP contribution in [0, 0.1) is 24.2 Å². The Bertz CT molecular complexity index is 980. The van der Waals surface area contributed by atoms with Crippen molar-refractivity contribution in [3.05, 3.63) is 41.0 Å². The molecule has 4 unspecified atom stereocenters. The topological polar surface area (TPSA) is 78.8 Å². The monoisotopic (exact) mass is 416 g/mol. The summed E-state index contributed by atoms with van der Waals surface area (Å²) in [6, 6.07) is 6.74. The molecule has 1 aromatic rings. The average molecular weight is 417 g/mol. The Morgan fingerprint density at radius 3 is 2.48 bits per heavy atom. The lowest BCUT2D eigenvalue weighted by Crippen LogP contribution is -2.51. The standard InChI is InChI=1S/C23H32N2O3S/c1-15-5-7-19(8-6-15)29(27,28)25-24-20-10-16(2)9-18-13-22(4)11-17(3)12-23(26,14-22)21(18)20/h5-8,16-17,25-26H,9-14H2,1-4H3/b24-20+. The molecule has 0 saturated heterocycles. The van der Waals surface area contributed by atoms with Gasteiger partial charge in [0.15, 0.2) is 0 Å². The number of aryl methyl sites for hydroxylation is 1. The van der Waals surface area contributed by atoms with Crippen molar-refractivity contribution in [2.75, 3.05) is 0 Å². The highest BCUT2D eigenvalue weighted by Gasteiger charge is 2.52. The quantitative estimate of drug-likeness (QED) is 0.721. The first-order valence-electron chi connectivity index (χ1n) is 10.6. The average Bonchev–Trinajstić information content (AvgIpc) is 2.57. The van der Waals surface area contributed by atoms with E-state index in [0.717, 1.165) is 43.2 Å². The lowest BCUT2D eigenvalue weighted by atomic mass is 9.54. The number of nitrogens with one attached hydrogen (secondary N) is 1. The first-order valence-corrected chi connectivity index (χ1v) is 12.1. The number of hydrogen-bond acceptors (Lipinski definition) is 4. The SMILES string of the molecule is Cc1ccc(S(=O)(=O)N/N=C2\CC(C)CC3=C2C2(O)CC(C)CC(C)(C3)C2)cc1. The van der Waals surface area contributed by atoms with Crippen LogP contribution in [-0.4, -0.2) is 24.8 Å². The molecule has 0 heterocycles. The smallest absolute Gasteiger partial charge is 0.276 e. The van der Waals surface area contributed by atoms with E-state index in [9.17, 15) is 13.5 Å². The molecule has 5 nitrogen and oxygen atoms in total. The van der Waals surface area contributed by atoms with Crippen LogP contribution >= 0.6 is 0 Å². The van der Waals surface area contributed by atoms with Crippen LogP contribution in [0.3, 0.4) is 0 Å². The number of aliphatic hydroxyl groups is 1. The lowest BCUT2D eigenvalue weighted by Gasteiger charge is -2.54. The fourth-order valence-electron chi connectivity index (χ4n) is 6.16. The number of benzene rings is 1. The summed E-state index contributed by atoms with van der Waals surface area (Å²) in [4.78, 5) is 2.65. The molecule has 0 aliphatic heterocycles. The van der Waals surface area contributed by atoms with Gasteiger partial charge in [-0.05, 0) is 74.8 Å².